The Morgan fingerprint density at radius 2 is 2.00 bits per heavy atom. The van der Waals surface area contributed by atoms with E-state index in [1.165, 1.54) is 19.8 Å². The zero-order valence-corrected chi connectivity index (χ0v) is 9.25. The van der Waals surface area contributed by atoms with E-state index in [2.05, 4.69) is 5.32 Å². The van der Waals surface area contributed by atoms with Crippen molar-refractivity contribution in [1.82, 2.24) is 5.32 Å². The molecule has 0 saturated heterocycles. The summed E-state index contributed by atoms with van der Waals surface area (Å²) in [6, 6.07) is 0. The Morgan fingerprint density at radius 3 is 2.60 bits per heavy atom. The average Bonchev–Trinajstić information content (AvgIpc) is 2.63. The highest BCUT2D eigenvalue weighted by atomic mass is 16.5. The van der Waals surface area contributed by atoms with Crippen LogP contribution in [0.2, 0.25) is 0 Å². The van der Waals surface area contributed by atoms with Gasteiger partial charge >= 0.3 is 0 Å². The predicted molar refractivity (Wildman–Crippen MR) is 56.5 cm³/mol. The summed E-state index contributed by atoms with van der Waals surface area (Å²) in [6.07, 6.45) is 5.14. The van der Waals surface area contributed by atoms with Crippen LogP contribution in [0.3, 0.4) is 0 Å². The first kappa shape index (κ1) is 12.2. The number of Topliss-reactive ketones (excluding diaryl/α,β-unsaturated/α-hetero) is 1. The van der Waals surface area contributed by atoms with E-state index in [1.54, 1.807) is 0 Å². The van der Waals surface area contributed by atoms with Crippen molar-refractivity contribution in [2.24, 2.45) is 0 Å². The molecular weight excluding hydrogens is 194 g/mol. The molecule has 86 valence electrons. The number of carbonyl (C=O) groups is 2. The number of nitrogens with one attached hydrogen (secondary N) is 1. The van der Waals surface area contributed by atoms with Gasteiger partial charge < -0.3 is 10.1 Å². The second-order valence-electron chi connectivity index (χ2n) is 4.01. The number of rotatable bonds is 6. The van der Waals surface area contributed by atoms with E-state index in [0.717, 1.165) is 12.8 Å². The molecule has 15 heavy (non-hydrogen) atoms. The molecule has 1 aliphatic rings. The molecular formula is C11H19NO3. The van der Waals surface area contributed by atoms with E-state index in [-0.39, 0.29) is 18.1 Å². The maximum Gasteiger partial charge on any atom is 0.227 e. The number of carbonyl (C=O) groups excluding carboxylic acids is 2. The maximum atomic E-state index is 11.1. The van der Waals surface area contributed by atoms with Crippen molar-refractivity contribution in [3.63, 3.8) is 0 Å². The van der Waals surface area contributed by atoms with Crippen molar-refractivity contribution >= 4 is 11.7 Å². The monoisotopic (exact) mass is 213 g/mol. The number of ether oxygens (including phenoxy) is 1. The molecule has 0 atom stereocenters. The van der Waals surface area contributed by atoms with Crippen LogP contribution in [-0.2, 0) is 14.3 Å². The Balaban J connectivity index is 1.96. The molecule has 0 bridgehead atoms. The minimum absolute atomic E-state index is 0.0244. The molecule has 1 fully saturated rings. The van der Waals surface area contributed by atoms with E-state index >= 15 is 0 Å². The van der Waals surface area contributed by atoms with Crippen molar-refractivity contribution in [1.29, 1.82) is 0 Å². The Hall–Kier alpha value is -0.900. The summed E-state index contributed by atoms with van der Waals surface area (Å²) in [6.45, 7) is 2.46. The highest BCUT2D eigenvalue weighted by Gasteiger charge is 2.14. The standard InChI is InChI=1S/C11H19NO3/c1-9(13)8-11(14)12-6-7-15-10-4-2-3-5-10/h10H,2-8H2,1H3,(H,12,14). The fraction of sp³-hybridized carbons (Fsp3) is 0.818. The van der Waals surface area contributed by atoms with Gasteiger partial charge in [0.2, 0.25) is 5.91 Å². The zero-order chi connectivity index (χ0) is 11.1. The molecule has 0 radical (unpaired) electrons. The Morgan fingerprint density at radius 1 is 1.33 bits per heavy atom. The lowest BCUT2D eigenvalue weighted by Gasteiger charge is -2.11. The van der Waals surface area contributed by atoms with Crippen molar-refractivity contribution < 1.29 is 14.3 Å². The fourth-order valence-electron chi connectivity index (χ4n) is 1.76. The van der Waals surface area contributed by atoms with Crippen LogP contribution < -0.4 is 5.32 Å². The summed E-state index contributed by atoms with van der Waals surface area (Å²) in [7, 11) is 0. The molecule has 0 aromatic carbocycles. The number of amides is 1. The molecule has 0 aliphatic heterocycles. The largest absolute Gasteiger partial charge is 0.376 e. The number of ketones is 1. The van der Waals surface area contributed by atoms with Gasteiger partial charge in [-0.25, -0.2) is 0 Å². The lowest BCUT2D eigenvalue weighted by Crippen LogP contribution is -2.29. The average molecular weight is 213 g/mol. The Kier molecular flexibility index (Phi) is 5.32. The van der Waals surface area contributed by atoms with Gasteiger partial charge in [-0.2, -0.15) is 0 Å². The smallest absolute Gasteiger partial charge is 0.227 e. The minimum atomic E-state index is -0.211. The second-order valence-corrected chi connectivity index (χ2v) is 4.01. The molecule has 1 N–H and O–H groups in total. The van der Waals surface area contributed by atoms with E-state index in [0.29, 0.717) is 19.3 Å². The summed E-state index contributed by atoms with van der Waals surface area (Å²) in [5.41, 5.74) is 0. The van der Waals surface area contributed by atoms with Crippen LogP contribution in [0, 0.1) is 0 Å². The predicted octanol–water partition coefficient (Wildman–Crippen LogP) is 1.04. The zero-order valence-electron chi connectivity index (χ0n) is 9.25. The van der Waals surface area contributed by atoms with Gasteiger partial charge in [0, 0.05) is 6.54 Å². The highest BCUT2D eigenvalue weighted by molar-refractivity contribution is 5.96. The summed E-state index contributed by atoms with van der Waals surface area (Å²) >= 11 is 0. The number of hydrogen-bond donors (Lipinski definition) is 1. The minimum Gasteiger partial charge on any atom is -0.376 e. The van der Waals surface area contributed by atoms with Crippen molar-refractivity contribution in [3.8, 4) is 0 Å². The van der Waals surface area contributed by atoms with Gasteiger partial charge in [-0.15, -0.1) is 0 Å². The third kappa shape index (κ3) is 5.52. The van der Waals surface area contributed by atoms with Gasteiger partial charge in [0.05, 0.1) is 19.1 Å². The molecule has 4 heteroatoms. The Labute approximate surface area is 90.4 Å². The molecule has 0 unspecified atom stereocenters. The second kappa shape index (κ2) is 6.56. The fourth-order valence-corrected chi connectivity index (χ4v) is 1.76. The molecule has 1 saturated carbocycles. The van der Waals surface area contributed by atoms with Crippen LogP contribution in [0.5, 0.6) is 0 Å². The van der Waals surface area contributed by atoms with Gasteiger partial charge in [0.1, 0.15) is 5.78 Å². The van der Waals surface area contributed by atoms with Crippen molar-refractivity contribution in [2.75, 3.05) is 13.2 Å². The molecule has 4 nitrogen and oxygen atoms in total. The van der Waals surface area contributed by atoms with Gasteiger partial charge in [-0.1, -0.05) is 12.8 Å². The van der Waals surface area contributed by atoms with Crippen molar-refractivity contribution in [3.05, 3.63) is 0 Å². The quantitative estimate of drug-likeness (QED) is 0.530. The van der Waals surface area contributed by atoms with Crippen LogP contribution >= 0.6 is 0 Å². The third-order valence-electron chi connectivity index (χ3n) is 2.49. The molecule has 1 amide bonds. The van der Waals surface area contributed by atoms with Crippen molar-refractivity contribution in [2.45, 2.75) is 45.1 Å². The third-order valence-corrected chi connectivity index (χ3v) is 2.49. The lowest BCUT2D eigenvalue weighted by atomic mass is 10.3. The van der Waals surface area contributed by atoms with Gasteiger partial charge in [0.25, 0.3) is 0 Å². The van der Waals surface area contributed by atoms with E-state index in [4.69, 9.17) is 4.74 Å². The Bertz CT molecular complexity index is 222. The normalized spacial score (nSPS) is 16.6. The van der Waals surface area contributed by atoms with Crippen LogP contribution in [0.25, 0.3) is 0 Å². The van der Waals surface area contributed by atoms with Gasteiger partial charge in [-0.3, -0.25) is 9.59 Å². The topological polar surface area (TPSA) is 55.4 Å². The molecule has 0 heterocycles. The van der Waals surface area contributed by atoms with Crippen LogP contribution in [0.15, 0.2) is 0 Å². The first-order chi connectivity index (χ1) is 7.18. The number of hydrogen-bond acceptors (Lipinski definition) is 3. The summed E-state index contributed by atoms with van der Waals surface area (Å²) in [4.78, 5) is 21.7. The molecule has 0 aromatic rings. The summed E-state index contributed by atoms with van der Waals surface area (Å²) in [5, 5.41) is 2.65. The summed E-state index contributed by atoms with van der Waals surface area (Å²) < 4.78 is 5.56. The maximum absolute atomic E-state index is 11.1. The van der Waals surface area contributed by atoms with Crippen LogP contribution in [0.1, 0.15) is 39.0 Å². The molecule has 0 aromatic heterocycles. The SMILES string of the molecule is CC(=O)CC(=O)NCCOC1CCCC1. The highest BCUT2D eigenvalue weighted by Crippen LogP contribution is 2.20. The van der Waals surface area contributed by atoms with E-state index in [1.807, 2.05) is 0 Å². The van der Waals surface area contributed by atoms with E-state index in [9.17, 15) is 9.59 Å². The molecule has 1 rings (SSSR count). The van der Waals surface area contributed by atoms with Crippen LogP contribution in [-0.4, -0.2) is 30.9 Å². The first-order valence-electron chi connectivity index (χ1n) is 5.56. The van der Waals surface area contributed by atoms with Gasteiger partial charge in [-0.05, 0) is 19.8 Å². The lowest BCUT2D eigenvalue weighted by molar-refractivity contribution is -0.127. The van der Waals surface area contributed by atoms with E-state index < -0.39 is 0 Å². The molecule has 1 aliphatic carbocycles. The van der Waals surface area contributed by atoms with Gasteiger partial charge in [0.15, 0.2) is 0 Å². The first-order valence-corrected chi connectivity index (χ1v) is 5.56. The molecule has 0 spiro atoms. The summed E-state index contributed by atoms with van der Waals surface area (Å²) in [5.74, 6) is -0.318. The van der Waals surface area contributed by atoms with Crippen LogP contribution in [0.4, 0.5) is 0 Å².